The van der Waals surface area contributed by atoms with E-state index in [4.69, 9.17) is 10.2 Å². The van der Waals surface area contributed by atoms with Crippen LogP contribution in [0.25, 0.3) is 0 Å². The molecule has 2 rings (SSSR count). The molecule has 0 aliphatic heterocycles. The summed E-state index contributed by atoms with van der Waals surface area (Å²) in [5.74, 6) is -1.11. The third kappa shape index (κ3) is 3.84. The number of amides is 1. The van der Waals surface area contributed by atoms with Gasteiger partial charge in [0.05, 0.1) is 18.3 Å². The molecule has 0 saturated carbocycles. The zero-order chi connectivity index (χ0) is 14.5. The monoisotopic (exact) mass is 275 g/mol. The molecule has 0 fully saturated rings. The number of aromatic hydroxyl groups is 1. The van der Waals surface area contributed by atoms with Crippen molar-refractivity contribution in [2.24, 2.45) is 0 Å². The SMILES string of the molecule is O=C(O)Cn1cc(NC(=O)Cc2ccc(O)cc2)cn1. The molecule has 104 valence electrons. The molecule has 0 radical (unpaired) electrons. The molecule has 0 aliphatic carbocycles. The lowest BCUT2D eigenvalue weighted by Crippen LogP contribution is -2.14. The van der Waals surface area contributed by atoms with Gasteiger partial charge in [0.1, 0.15) is 12.3 Å². The Morgan fingerprint density at radius 1 is 1.25 bits per heavy atom. The van der Waals surface area contributed by atoms with E-state index in [1.54, 1.807) is 12.1 Å². The van der Waals surface area contributed by atoms with Crippen LogP contribution in [0, 0.1) is 0 Å². The van der Waals surface area contributed by atoms with E-state index in [2.05, 4.69) is 10.4 Å². The molecule has 0 saturated heterocycles. The van der Waals surface area contributed by atoms with Gasteiger partial charge in [0, 0.05) is 6.20 Å². The minimum atomic E-state index is -1.00. The molecule has 2 aromatic rings. The molecule has 1 heterocycles. The van der Waals surface area contributed by atoms with E-state index < -0.39 is 5.97 Å². The number of anilines is 1. The summed E-state index contributed by atoms with van der Waals surface area (Å²) in [6.07, 6.45) is 2.99. The van der Waals surface area contributed by atoms with Crippen LogP contribution in [0.15, 0.2) is 36.7 Å². The number of carbonyl (C=O) groups excluding carboxylic acids is 1. The van der Waals surface area contributed by atoms with E-state index in [1.807, 2.05) is 0 Å². The molecule has 0 unspecified atom stereocenters. The van der Waals surface area contributed by atoms with Crippen molar-refractivity contribution in [1.82, 2.24) is 9.78 Å². The van der Waals surface area contributed by atoms with Gasteiger partial charge >= 0.3 is 5.97 Å². The van der Waals surface area contributed by atoms with Gasteiger partial charge in [0.25, 0.3) is 0 Å². The molecule has 3 N–H and O–H groups in total. The average molecular weight is 275 g/mol. The molecular formula is C13H13N3O4. The summed E-state index contributed by atoms with van der Waals surface area (Å²) < 4.78 is 1.22. The number of carboxylic acid groups (broad SMARTS) is 1. The maximum atomic E-state index is 11.8. The van der Waals surface area contributed by atoms with Crippen LogP contribution in [0.3, 0.4) is 0 Å². The van der Waals surface area contributed by atoms with E-state index >= 15 is 0 Å². The fourth-order valence-electron chi connectivity index (χ4n) is 1.66. The quantitative estimate of drug-likeness (QED) is 0.750. The second-order valence-electron chi connectivity index (χ2n) is 4.21. The van der Waals surface area contributed by atoms with Crippen LogP contribution < -0.4 is 5.32 Å². The normalized spacial score (nSPS) is 10.2. The zero-order valence-corrected chi connectivity index (χ0v) is 10.5. The van der Waals surface area contributed by atoms with Gasteiger partial charge in [-0.05, 0) is 17.7 Å². The Labute approximate surface area is 114 Å². The van der Waals surface area contributed by atoms with Crippen molar-refractivity contribution in [2.45, 2.75) is 13.0 Å². The van der Waals surface area contributed by atoms with Crippen LogP contribution in [0.4, 0.5) is 5.69 Å². The number of hydrogen-bond acceptors (Lipinski definition) is 4. The predicted molar refractivity (Wildman–Crippen MR) is 70.3 cm³/mol. The van der Waals surface area contributed by atoms with E-state index in [0.717, 1.165) is 5.56 Å². The van der Waals surface area contributed by atoms with Gasteiger partial charge in [-0.3, -0.25) is 14.3 Å². The molecule has 1 aromatic carbocycles. The molecule has 7 nitrogen and oxygen atoms in total. The lowest BCUT2D eigenvalue weighted by atomic mass is 10.1. The van der Waals surface area contributed by atoms with Crippen molar-refractivity contribution < 1.29 is 19.8 Å². The number of benzene rings is 1. The van der Waals surface area contributed by atoms with Crippen molar-refractivity contribution in [3.63, 3.8) is 0 Å². The van der Waals surface area contributed by atoms with Crippen molar-refractivity contribution in [3.05, 3.63) is 42.2 Å². The fraction of sp³-hybridized carbons (Fsp3) is 0.154. The maximum Gasteiger partial charge on any atom is 0.325 e. The van der Waals surface area contributed by atoms with Crippen LogP contribution in [-0.4, -0.2) is 31.9 Å². The highest BCUT2D eigenvalue weighted by Crippen LogP contribution is 2.11. The summed E-state index contributed by atoms with van der Waals surface area (Å²) in [6.45, 7) is -0.256. The standard InChI is InChI=1S/C13H13N3O4/c17-11-3-1-9(2-4-11)5-12(18)15-10-6-14-16(7-10)8-13(19)20/h1-4,6-7,17H,5,8H2,(H,15,18)(H,19,20). The molecular weight excluding hydrogens is 262 g/mol. The Morgan fingerprint density at radius 3 is 2.60 bits per heavy atom. The lowest BCUT2D eigenvalue weighted by Gasteiger charge is -2.02. The number of nitrogens with zero attached hydrogens (tertiary/aromatic N) is 2. The number of rotatable bonds is 5. The summed E-state index contributed by atoms with van der Waals surface area (Å²) >= 11 is 0. The second-order valence-corrected chi connectivity index (χ2v) is 4.21. The molecule has 1 aromatic heterocycles. The van der Waals surface area contributed by atoms with Crippen LogP contribution >= 0.6 is 0 Å². The summed E-state index contributed by atoms with van der Waals surface area (Å²) in [5, 5.41) is 24.2. The second kappa shape index (κ2) is 5.87. The Morgan fingerprint density at radius 2 is 1.95 bits per heavy atom. The third-order valence-electron chi connectivity index (χ3n) is 2.52. The summed E-state index contributed by atoms with van der Waals surface area (Å²) in [5.41, 5.74) is 1.20. The van der Waals surface area contributed by atoms with Gasteiger partial charge in [0.2, 0.25) is 5.91 Å². The minimum absolute atomic E-state index is 0.143. The Kier molecular flexibility index (Phi) is 3.99. The molecule has 1 amide bonds. The fourth-order valence-corrected chi connectivity index (χ4v) is 1.66. The number of carboxylic acids is 1. The van der Waals surface area contributed by atoms with Gasteiger partial charge in [-0.25, -0.2) is 0 Å². The number of nitrogens with one attached hydrogen (secondary N) is 1. The molecule has 0 atom stereocenters. The number of carbonyl (C=O) groups is 2. The van der Waals surface area contributed by atoms with Crippen LogP contribution in [0.2, 0.25) is 0 Å². The smallest absolute Gasteiger partial charge is 0.325 e. The minimum Gasteiger partial charge on any atom is -0.508 e. The molecule has 7 heteroatoms. The van der Waals surface area contributed by atoms with Crippen LogP contribution in [0.5, 0.6) is 5.75 Å². The highest BCUT2D eigenvalue weighted by molar-refractivity contribution is 5.92. The lowest BCUT2D eigenvalue weighted by molar-refractivity contribution is -0.137. The van der Waals surface area contributed by atoms with Crippen molar-refractivity contribution in [3.8, 4) is 5.75 Å². The van der Waals surface area contributed by atoms with E-state index in [-0.39, 0.29) is 24.6 Å². The predicted octanol–water partition coefficient (Wildman–Crippen LogP) is 0.854. The van der Waals surface area contributed by atoms with E-state index in [0.29, 0.717) is 5.69 Å². The summed E-state index contributed by atoms with van der Waals surface area (Å²) in [6, 6.07) is 6.33. The first-order chi connectivity index (χ1) is 9.52. The molecule has 0 spiro atoms. The summed E-state index contributed by atoms with van der Waals surface area (Å²) in [4.78, 5) is 22.3. The first-order valence-electron chi connectivity index (χ1n) is 5.85. The molecule has 0 bridgehead atoms. The van der Waals surface area contributed by atoms with E-state index in [1.165, 1.54) is 29.2 Å². The Bertz CT molecular complexity index is 619. The number of hydrogen-bond donors (Lipinski definition) is 3. The van der Waals surface area contributed by atoms with Crippen molar-refractivity contribution in [1.29, 1.82) is 0 Å². The molecule has 20 heavy (non-hydrogen) atoms. The third-order valence-corrected chi connectivity index (χ3v) is 2.52. The van der Waals surface area contributed by atoms with Gasteiger partial charge in [-0.15, -0.1) is 0 Å². The maximum absolute atomic E-state index is 11.8. The highest BCUT2D eigenvalue weighted by Gasteiger charge is 2.07. The van der Waals surface area contributed by atoms with Gasteiger partial charge in [0.15, 0.2) is 0 Å². The van der Waals surface area contributed by atoms with Gasteiger partial charge < -0.3 is 15.5 Å². The highest BCUT2D eigenvalue weighted by atomic mass is 16.4. The van der Waals surface area contributed by atoms with Gasteiger partial charge in [-0.2, -0.15) is 5.10 Å². The Hall–Kier alpha value is -2.83. The topological polar surface area (TPSA) is 104 Å². The average Bonchev–Trinajstić information content (AvgIpc) is 2.78. The number of phenolic OH excluding ortho intramolecular Hbond substituents is 1. The first kappa shape index (κ1) is 13.6. The molecule has 0 aliphatic rings. The number of phenols is 1. The van der Waals surface area contributed by atoms with Crippen LogP contribution in [-0.2, 0) is 22.6 Å². The van der Waals surface area contributed by atoms with Crippen molar-refractivity contribution in [2.75, 3.05) is 5.32 Å². The largest absolute Gasteiger partial charge is 0.508 e. The first-order valence-corrected chi connectivity index (χ1v) is 5.85. The Balaban J connectivity index is 1.92. The van der Waals surface area contributed by atoms with Crippen LogP contribution in [0.1, 0.15) is 5.56 Å². The summed E-state index contributed by atoms with van der Waals surface area (Å²) in [7, 11) is 0. The van der Waals surface area contributed by atoms with Gasteiger partial charge in [-0.1, -0.05) is 12.1 Å². The number of aromatic nitrogens is 2. The number of aliphatic carboxylic acids is 1. The zero-order valence-electron chi connectivity index (χ0n) is 10.5. The van der Waals surface area contributed by atoms with E-state index in [9.17, 15) is 9.59 Å². The van der Waals surface area contributed by atoms with Crippen molar-refractivity contribution >= 4 is 17.6 Å².